The fraction of sp³-hybridized carbons (Fsp3) is 0.933. The first-order valence-electron chi connectivity index (χ1n) is 7.77. The van der Waals surface area contributed by atoms with Gasteiger partial charge in [-0.05, 0) is 46.5 Å². The molecule has 1 atom stereocenters. The van der Waals surface area contributed by atoms with Gasteiger partial charge in [0.2, 0.25) is 0 Å². The van der Waals surface area contributed by atoms with Crippen molar-refractivity contribution >= 4 is 6.09 Å². The fourth-order valence-corrected chi connectivity index (χ4v) is 2.70. The summed E-state index contributed by atoms with van der Waals surface area (Å²) in [5, 5.41) is 3.57. The van der Waals surface area contributed by atoms with Gasteiger partial charge in [0, 0.05) is 32.3 Å². The van der Waals surface area contributed by atoms with Gasteiger partial charge in [-0.1, -0.05) is 0 Å². The Bertz CT molecular complexity index is 314. The number of amides is 1. The molecule has 5 nitrogen and oxygen atoms in total. The first-order valence-corrected chi connectivity index (χ1v) is 7.77. The zero-order valence-corrected chi connectivity index (χ0v) is 13.0. The molecule has 116 valence electrons. The molecule has 0 aromatic heterocycles. The lowest BCUT2D eigenvalue weighted by atomic mass is 10.0. The molecule has 20 heavy (non-hydrogen) atoms. The third kappa shape index (κ3) is 4.94. The summed E-state index contributed by atoms with van der Waals surface area (Å²) in [6.45, 7) is 9.11. The summed E-state index contributed by atoms with van der Waals surface area (Å²) in [6, 6.07) is 0.498. The Morgan fingerprint density at radius 3 is 2.55 bits per heavy atom. The van der Waals surface area contributed by atoms with Crippen LogP contribution in [0.4, 0.5) is 4.79 Å². The SMILES string of the molecule is CC(C)(C)OC(=O)N1CCC(NC[C@@H]2CCCO2)CC1. The highest BCUT2D eigenvalue weighted by Gasteiger charge is 2.27. The van der Waals surface area contributed by atoms with Gasteiger partial charge in [-0.15, -0.1) is 0 Å². The summed E-state index contributed by atoms with van der Waals surface area (Å²) in [4.78, 5) is 13.8. The van der Waals surface area contributed by atoms with Crippen molar-refractivity contribution in [1.82, 2.24) is 10.2 Å². The molecule has 5 heteroatoms. The van der Waals surface area contributed by atoms with Crippen LogP contribution in [0.15, 0.2) is 0 Å². The van der Waals surface area contributed by atoms with Gasteiger partial charge >= 0.3 is 6.09 Å². The van der Waals surface area contributed by atoms with Crippen LogP contribution in [-0.4, -0.2) is 55.0 Å². The molecule has 0 radical (unpaired) electrons. The molecule has 2 rings (SSSR count). The van der Waals surface area contributed by atoms with Crippen molar-refractivity contribution in [3.8, 4) is 0 Å². The maximum absolute atomic E-state index is 12.0. The predicted molar refractivity (Wildman–Crippen MR) is 77.8 cm³/mol. The van der Waals surface area contributed by atoms with Crippen molar-refractivity contribution in [2.45, 2.75) is 64.2 Å². The summed E-state index contributed by atoms with van der Waals surface area (Å²) >= 11 is 0. The summed E-state index contributed by atoms with van der Waals surface area (Å²) in [6.07, 6.45) is 4.54. The number of ether oxygens (including phenoxy) is 2. The normalized spacial score (nSPS) is 24.9. The quantitative estimate of drug-likeness (QED) is 0.863. The maximum atomic E-state index is 12.0. The lowest BCUT2D eigenvalue weighted by Gasteiger charge is -2.34. The molecule has 1 amide bonds. The molecule has 0 spiro atoms. The zero-order valence-electron chi connectivity index (χ0n) is 13.0. The minimum absolute atomic E-state index is 0.185. The number of carbonyl (C=O) groups is 1. The Morgan fingerprint density at radius 1 is 1.30 bits per heavy atom. The Balaban J connectivity index is 1.65. The van der Waals surface area contributed by atoms with E-state index in [1.54, 1.807) is 0 Å². The number of rotatable bonds is 3. The average Bonchev–Trinajstić information content (AvgIpc) is 2.88. The van der Waals surface area contributed by atoms with Crippen LogP contribution >= 0.6 is 0 Å². The van der Waals surface area contributed by atoms with Gasteiger partial charge < -0.3 is 19.7 Å². The molecule has 1 N–H and O–H groups in total. The molecule has 0 bridgehead atoms. The van der Waals surface area contributed by atoms with E-state index in [1.807, 2.05) is 25.7 Å². The lowest BCUT2D eigenvalue weighted by molar-refractivity contribution is 0.0193. The molecule has 2 aliphatic heterocycles. The highest BCUT2D eigenvalue weighted by molar-refractivity contribution is 5.68. The Kier molecular flexibility index (Phi) is 5.27. The van der Waals surface area contributed by atoms with Crippen LogP contribution in [0, 0.1) is 0 Å². The van der Waals surface area contributed by atoms with Crippen LogP contribution < -0.4 is 5.32 Å². The van der Waals surface area contributed by atoms with Gasteiger partial charge in [0.25, 0.3) is 0 Å². The van der Waals surface area contributed by atoms with Crippen molar-refractivity contribution in [2.75, 3.05) is 26.2 Å². The molecule has 0 aromatic rings. The third-order valence-corrected chi connectivity index (χ3v) is 3.80. The minimum atomic E-state index is -0.411. The molecule has 0 aliphatic carbocycles. The highest BCUT2D eigenvalue weighted by atomic mass is 16.6. The van der Waals surface area contributed by atoms with E-state index in [1.165, 1.54) is 12.8 Å². The Hall–Kier alpha value is -0.810. The van der Waals surface area contributed by atoms with Crippen molar-refractivity contribution < 1.29 is 14.3 Å². The van der Waals surface area contributed by atoms with E-state index in [4.69, 9.17) is 9.47 Å². The fourth-order valence-electron chi connectivity index (χ4n) is 2.70. The van der Waals surface area contributed by atoms with Gasteiger partial charge in [0.1, 0.15) is 5.60 Å². The summed E-state index contributed by atoms with van der Waals surface area (Å²) in [5.41, 5.74) is -0.411. The van der Waals surface area contributed by atoms with E-state index in [0.29, 0.717) is 12.1 Å². The maximum Gasteiger partial charge on any atom is 0.410 e. The minimum Gasteiger partial charge on any atom is -0.444 e. The van der Waals surface area contributed by atoms with E-state index >= 15 is 0 Å². The van der Waals surface area contributed by atoms with Crippen molar-refractivity contribution in [2.24, 2.45) is 0 Å². The molecule has 2 aliphatic rings. The van der Waals surface area contributed by atoms with E-state index in [-0.39, 0.29) is 6.09 Å². The first-order chi connectivity index (χ1) is 9.44. The topological polar surface area (TPSA) is 50.8 Å². The monoisotopic (exact) mass is 284 g/mol. The molecular formula is C15H28N2O3. The predicted octanol–water partition coefficient (Wildman–Crippen LogP) is 2.15. The second-order valence-electron chi connectivity index (χ2n) is 6.78. The van der Waals surface area contributed by atoms with Crippen LogP contribution in [0.2, 0.25) is 0 Å². The van der Waals surface area contributed by atoms with Crippen molar-refractivity contribution in [3.63, 3.8) is 0 Å². The molecule has 2 saturated heterocycles. The number of hydrogen-bond acceptors (Lipinski definition) is 4. The van der Waals surface area contributed by atoms with Crippen molar-refractivity contribution in [3.05, 3.63) is 0 Å². The number of hydrogen-bond donors (Lipinski definition) is 1. The van der Waals surface area contributed by atoms with Crippen LogP contribution in [0.5, 0.6) is 0 Å². The molecule has 2 fully saturated rings. The third-order valence-electron chi connectivity index (χ3n) is 3.80. The lowest BCUT2D eigenvalue weighted by Crippen LogP contribution is -2.47. The number of nitrogens with one attached hydrogen (secondary N) is 1. The second kappa shape index (κ2) is 6.76. The molecule has 0 unspecified atom stereocenters. The number of piperidine rings is 1. The standard InChI is InChI=1S/C15H28N2O3/c1-15(2,3)20-14(18)17-8-6-12(7-9-17)16-11-13-5-4-10-19-13/h12-13,16H,4-11H2,1-3H3/t13-/m0/s1. The number of likely N-dealkylation sites (tertiary alicyclic amines) is 1. The van der Waals surface area contributed by atoms with Crippen molar-refractivity contribution in [1.29, 1.82) is 0 Å². The van der Waals surface area contributed by atoms with Crippen LogP contribution in [0.25, 0.3) is 0 Å². The summed E-state index contributed by atoms with van der Waals surface area (Å²) in [5.74, 6) is 0. The summed E-state index contributed by atoms with van der Waals surface area (Å²) in [7, 11) is 0. The van der Waals surface area contributed by atoms with E-state index in [0.717, 1.165) is 39.1 Å². The van der Waals surface area contributed by atoms with Crippen LogP contribution in [0.3, 0.4) is 0 Å². The van der Waals surface area contributed by atoms with Gasteiger partial charge in [-0.25, -0.2) is 4.79 Å². The van der Waals surface area contributed by atoms with E-state index in [9.17, 15) is 4.79 Å². The Morgan fingerprint density at radius 2 is 2.00 bits per heavy atom. The molecule has 0 saturated carbocycles. The second-order valence-corrected chi connectivity index (χ2v) is 6.78. The number of nitrogens with zero attached hydrogens (tertiary/aromatic N) is 1. The molecular weight excluding hydrogens is 256 g/mol. The van der Waals surface area contributed by atoms with E-state index < -0.39 is 5.60 Å². The van der Waals surface area contributed by atoms with Gasteiger partial charge in [-0.2, -0.15) is 0 Å². The van der Waals surface area contributed by atoms with Crippen LogP contribution in [-0.2, 0) is 9.47 Å². The number of carbonyl (C=O) groups excluding carboxylic acids is 1. The smallest absolute Gasteiger partial charge is 0.410 e. The van der Waals surface area contributed by atoms with Gasteiger partial charge in [-0.3, -0.25) is 0 Å². The highest BCUT2D eigenvalue weighted by Crippen LogP contribution is 2.16. The first kappa shape index (κ1) is 15.6. The zero-order chi connectivity index (χ0) is 14.6. The largest absolute Gasteiger partial charge is 0.444 e. The van der Waals surface area contributed by atoms with Gasteiger partial charge in [0.15, 0.2) is 0 Å². The molecule has 2 heterocycles. The molecule has 0 aromatic carbocycles. The average molecular weight is 284 g/mol. The van der Waals surface area contributed by atoms with Gasteiger partial charge in [0.05, 0.1) is 6.10 Å². The summed E-state index contributed by atoms with van der Waals surface area (Å²) < 4.78 is 11.0. The van der Waals surface area contributed by atoms with Crippen LogP contribution in [0.1, 0.15) is 46.5 Å². The Labute approximate surface area is 122 Å². The van der Waals surface area contributed by atoms with E-state index in [2.05, 4.69) is 5.32 Å².